The zero-order valence-corrected chi connectivity index (χ0v) is 19.4. The number of carbonyl (C=O) groups is 2. The topological polar surface area (TPSA) is 101 Å². The summed E-state index contributed by atoms with van der Waals surface area (Å²) in [5.41, 5.74) is 3.59. The lowest BCUT2D eigenvalue weighted by molar-refractivity contribution is -0.145. The summed E-state index contributed by atoms with van der Waals surface area (Å²) in [6, 6.07) is 8.00. The molecule has 1 fully saturated rings. The summed E-state index contributed by atoms with van der Waals surface area (Å²) < 4.78 is 24.9. The van der Waals surface area contributed by atoms with Gasteiger partial charge in [0.25, 0.3) is 0 Å². The van der Waals surface area contributed by atoms with Gasteiger partial charge >= 0.3 is 11.6 Å². The Kier molecular flexibility index (Phi) is 5.67. The number of nitrogens with zero attached hydrogens (tertiary/aromatic N) is 1. The number of likely N-dealkylation sites (tertiary alicyclic amines) is 1. The molecule has 5 rings (SSSR count). The highest BCUT2D eigenvalue weighted by molar-refractivity contribution is 6.05. The molecular weight excluding hydrogens is 453 g/mol. The van der Waals surface area contributed by atoms with Crippen LogP contribution in [0.2, 0.25) is 0 Å². The number of aliphatic carboxylic acids is 1. The molecule has 1 amide bonds. The number of benzene rings is 2. The SMILES string of the molecule is Cc1c(CC(=O)N2CCC(C(=O)O)CC2)c(=O)oc2c(C)c3occ(-c4ccc(F)cc4)c3cc12. The highest BCUT2D eigenvalue weighted by atomic mass is 19.1. The standard InChI is InChI=1S/C27H24FNO6/c1-14-19-11-21-22(16-3-5-18(28)6-4-16)13-34-24(21)15(2)25(19)35-27(33)20(14)12-23(30)29-9-7-17(8-10-29)26(31)32/h3-6,11,13,17H,7-10,12H2,1-2H3,(H,31,32). The van der Waals surface area contributed by atoms with E-state index in [-0.39, 0.29) is 23.7 Å². The van der Waals surface area contributed by atoms with Crippen molar-refractivity contribution in [1.82, 2.24) is 4.90 Å². The predicted molar refractivity (Wildman–Crippen MR) is 128 cm³/mol. The van der Waals surface area contributed by atoms with Gasteiger partial charge in [0.1, 0.15) is 17.0 Å². The molecule has 0 atom stereocenters. The van der Waals surface area contributed by atoms with Gasteiger partial charge < -0.3 is 18.8 Å². The Bertz CT molecular complexity index is 1520. The fraction of sp³-hybridized carbons (Fsp3) is 0.296. The fourth-order valence-corrected chi connectivity index (χ4v) is 4.89. The number of carboxylic acids is 1. The van der Waals surface area contributed by atoms with E-state index in [0.717, 1.165) is 16.5 Å². The van der Waals surface area contributed by atoms with E-state index in [9.17, 15) is 23.9 Å². The van der Waals surface area contributed by atoms with E-state index in [1.165, 1.54) is 12.1 Å². The molecule has 3 heterocycles. The van der Waals surface area contributed by atoms with Gasteiger partial charge in [-0.1, -0.05) is 12.1 Å². The molecule has 0 spiro atoms. The molecule has 1 aliphatic rings. The van der Waals surface area contributed by atoms with Gasteiger partial charge in [0.15, 0.2) is 0 Å². The molecule has 7 nitrogen and oxygen atoms in total. The summed E-state index contributed by atoms with van der Waals surface area (Å²) in [6.07, 6.45) is 2.28. The van der Waals surface area contributed by atoms with Crippen LogP contribution in [0.15, 0.2) is 50.2 Å². The number of furan rings is 1. The first-order chi connectivity index (χ1) is 16.7. The zero-order chi connectivity index (χ0) is 24.9. The molecule has 0 radical (unpaired) electrons. The minimum Gasteiger partial charge on any atom is -0.481 e. The van der Waals surface area contributed by atoms with Crippen LogP contribution in [-0.4, -0.2) is 35.0 Å². The van der Waals surface area contributed by atoms with Gasteiger partial charge in [0, 0.05) is 35.0 Å². The van der Waals surface area contributed by atoms with Crippen molar-refractivity contribution >= 4 is 33.8 Å². The van der Waals surface area contributed by atoms with Gasteiger partial charge in [-0.05, 0) is 56.0 Å². The second kappa shape index (κ2) is 8.69. The first-order valence-corrected chi connectivity index (χ1v) is 11.5. The number of carboxylic acid groups (broad SMARTS) is 1. The van der Waals surface area contributed by atoms with Crippen LogP contribution in [0.1, 0.15) is 29.5 Å². The first-order valence-electron chi connectivity index (χ1n) is 11.5. The number of amides is 1. The molecule has 1 saturated heterocycles. The second-order valence-corrected chi connectivity index (χ2v) is 9.07. The molecule has 2 aromatic carbocycles. The molecule has 4 aromatic rings. The Hall–Kier alpha value is -3.94. The third-order valence-electron chi connectivity index (χ3n) is 7.02. The Morgan fingerprint density at radius 3 is 2.40 bits per heavy atom. The number of carbonyl (C=O) groups excluding carboxylic acids is 1. The number of fused-ring (bicyclic) bond motifs is 2. The van der Waals surface area contributed by atoms with Crippen molar-refractivity contribution in [3.05, 3.63) is 69.5 Å². The molecule has 0 unspecified atom stereocenters. The maximum absolute atomic E-state index is 13.4. The van der Waals surface area contributed by atoms with Crippen molar-refractivity contribution < 1.29 is 27.9 Å². The molecule has 8 heteroatoms. The normalized spacial score (nSPS) is 14.7. The van der Waals surface area contributed by atoms with Crippen molar-refractivity contribution in [3.63, 3.8) is 0 Å². The van der Waals surface area contributed by atoms with Crippen molar-refractivity contribution in [2.24, 2.45) is 5.92 Å². The maximum Gasteiger partial charge on any atom is 0.340 e. The van der Waals surface area contributed by atoms with Crippen molar-refractivity contribution in [2.45, 2.75) is 33.1 Å². The minimum absolute atomic E-state index is 0.116. The summed E-state index contributed by atoms with van der Waals surface area (Å²) in [5.74, 6) is -1.84. The monoisotopic (exact) mass is 477 g/mol. The van der Waals surface area contributed by atoms with Crippen LogP contribution in [0.3, 0.4) is 0 Å². The highest BCUT2D eigenvalue weighted by Crippen LogP contribution is 2.37. The summed E-state index contributed by atoms with van der Waals surface area (Å²) in [5, 5.41) is 10.7. The number of piperidine rings is 1. The largest absolute Gasteiger partial charge is 0.481 e. The number of hydrogen-bond acceptors (Lipinski definition) is 5. The molecule has 1 N–H and O–H groups in total. The van der Waals surface area contributed by atoms with Crippen molar-refractivity contribution in [1.29, 1.82) is 0 Å². The van der Waals surface area contributed by atoms with E-state index < -0.39 is 17.5 Å². The maximum atomic E-state index is 13.4. The molecule has 180 valence electrons. The van der Waals surface area contributed by atoms with Crippen LogP contribution in [0.5, 0.6) is 0 Å². The summed E-state index contributed by atoms with van der Waals surface area (Å²) >= 11 is 0. The molecule has 2 aromatic heterocycles. The predicted octanol–water partition coefficient (Wildman–Crippen LogP) is 4.83. The van der Waals surface area contributed by atoms with Crippen LogP contribution in [0.25, 0.3) is 33.1 Å². The Morgan fingerprint density at radius 1 is 1.06 bits per heavy atom. The summed E-state index contributed by atoms with van der Waals surface area (Å²) in [6.45, 7) is 4.30. The molecular formula is C27H24FNO6. The van der Waals surface area contributed by atoms with Crippen molar-refractivity contribution in [2.75, 3.05) is 13.1 Å². The van der Waals surface area contributed by atoms with Gasteiger partial charge in [0.05, 0.1) is 24.2 Å². The van der Waals surface area contributed by atoms with Crippen molar-refractivity contribution in [3.8, 4) is 11.1 Å². The van der Waals surface area contributed by atoms with Crippen LogP contribution in [0.4, 0.5) is 4.39 Å². The molecule has 1 aliphatic heterocycles. The average Bonchev–Trinajstić information content (AvgIpc) is 3.27. The number of aryl methyl sites for hydroxylation is 2. The van der Waals surface area contributed by atoms with E-state index >= 15 is 0 Å². The lowest BCUT2D eigenvalue weighted by atomic mass is 9.95. The van der Waals surface area contributed by atoms with Crippen LogP contribution in [0, 0.1) is 25.6 Å². The van der Waals surface area contributed by atoms with E-state index in [1.807, 2.05) is 13.0 Å². The number of rotatable bonds is 4. The van der Waals surface area contributed by atoms with Gasteiger partial charge in [-0.3, -0.25) is 9.59 Å². The first kappa shape index (κ1) is 22.8. The molecule has 0 saturated carbocycles. The summed E-state index contributed by atoms with van der Waals surface area (Å²) in [4.78, 5) is 38.6. The number of halogens is 1. The lowest BCUT2D eigenvalue weighted by Gasteiger charge is -2.30. The zero-order valence-electron chi connectivity index (χ0n) is 19.4. The minimum atomic E-state index is -0.843. The third-order valence-corrected chi connectivity index (χ3v) is 7.02. The quantitative estimate of drug-likeness (QED) is 0.423. The Balaban J connectivity index is 1.53. The van der Waals surface area contributed by atoms with Crippen LogP contribution >= 0.6 is 0 Å². The smallest absolute Gasteiger partial charge is 0.340 e. The number of hydrogen-bond donors (Lipinski definition) is 1. The summed E-state index contributed by atoms with van der Waals surface area (Å²) in [7, 11) is 0. The molecule has 35 heavy (non-hydrogen) atoms. The fourth-order valence-electron chi connectivity index (χ4n) is 4.89. The Morgan fingerprint density at radius 2 is 1.74 bits per heavy atom. The Labute approximate surface area is 199 Å². The van der Waals surface area contributed by atoms with Crippen LogP contribution in [-0.2, 0) is 16.0 Å². The molecule has 0 bridgehead atoms. The van der Waals surface area contributed by atoms with E-state index in [4.69, 9.17) is 8.83 Å². The third kappa shape index (κ3) is 3.99. The van der Waals surface area contributed by atoms with E-state index in [2.05, 4.69) is 0 Å². The van der Waals surface area contributed by atoms with Gasteiger partial charge in [-0.15, -0.1) is 0 Å². The average molecular weight is 477 g/mol. The van der Waals surface area contributed by atoms with Crippen LogP contribution < -0.4 is 5.63 Å². The molecule has 0 aliphatic carbocycles. The second-order valence-electron chi connectivity index (χ2n) is 9.07. The van der Waals surface area contributed by atoms with Gasteiger partial charge in [0.2, 0.25) is 5.91 Å². The van der Waals surface area contributed by atoms with E-state index in [1.54, 1.807) is 30.2 Å². The van der Waals surface area contributed by atoms with Gasteiger partial charge in [-0.25, -0.2) is 9.18 Å². The lowest BCUT2D eigenvalue weighted by Crippen LogP contribution is -2.41. The van der Waals surface area contributed by atoms with E-state index in [0.29, 0.717) is 53.6 Å². The van der Waals surface area contributed by atoms with Gasteiger partial charge in [-0.2, -0.15) is 0 Å². The highest BCUT2D eigenvalue weighted by Gasteiger charge is 2.28.